The predicted molar refractivity (Wildman–Crippen MR) is 84.5 cm³/mol. The summed E-state index contributed by atoms with van der Waals surface area (Å²) < 4.78 is 0. The summed E-state index contributed by atoms with van der Waals surface area (Å²) in [5.74, 6) is 0.847. The van der Waals surface area contributed by atoms with Gasteiger partial charge < -0.3 is 5.32 Å². The number of halogens is 1. The Hall–Kier alpha value is -1.80. The molecule has 2 aromatic rings. The van der Waals surface area contributed by atoms with Gasteiger partial charge in [-0.05, 0) is 41.3 Å². The maximum absolute atomic E-state index is 12.1. The average Bonchev–Trinajstić information content (AvgIpc) is 2.48. The molecule has 0 unspecified atom stereocenters. The lowest BCUT2D eigenvalue weighted by molar-refractivity contribution is 0.102. The number of carbonyl (C=O) groups excluding carboxylic acids is 1. The van der Waals surface area contributed by atoms with Gasteiger partial charge in [0.1, 0.15) is 0 Å². The molecule has 0 aromatic heterocycles. The molecular formula is C17H18ClNO. The van der Waals surface area contributed by atoms with Gasteiger partial charge >= 0.3 is 0 Å². The van der Waals surface area contributed by atoms with Crippen LogP contribution in [-0.2, 0) is 5.88 Å². The van der Waals surface area contributed by atoms with Crippen LogP contribution in [0.5, 0.6) is 0 Å². The van der Waals surface area contributed by atoms with Gasteiger partial charge in [-0.25, -0.2) is 0 Å². The molecule has 0 saturated heterocycles. The van der Waals surface area contributed by atoms with E-state index in [0.717, 1.165) is 11.3 Å². The normalized spacial score (nSPS) is 10.6. The molecule has 104 valence electrons. The fourth-order valence-electron chi connectivity index (χ4n) is 1.90. The van der Waals surface area contributed by atoms with Gasteiger partial charge in [0.2, 0.25) is 0 Å². The fourth-order valence-corrected chi connectivity index (χ4v) is 2.08. The first-order valence-corrected chi connectivity index (χ1v) is 7.20. The summed E-state index contributed by atoms with van der Waals surface area (Å²) in [7, 11) is 0. The molecule has 0 aliphatic rings. The minimum absolute atomic E-state index is 0.0982. The summed E-state index contributed by atoms with van der Waals surface area (Å²) in [6.07, 6.45) is 0. The van der Waals surface area contributed by atoms with Gasteiger partial charge in [-0.15, -0.1) is 11.6 Å². The molecule has 1 amide bonds. The molecule has 0 fully saturated rings. The Morgan fingerprint density at radius 3 is 2.15 bits per heavy atom. The summed E-state index contributed by atoms with van der Waals surface area (Å²) in [6, 6.07) is 15.2. The highest BCUT2D eigenvalue weighted by Gasteiger charge is 2.07. The lowest BCUT2D eigenvalue weighted by Crippen LogP contribution is -2.11. The van der Waals surface area contributed by atoms with Gasteiger partial charge in [0, 0.05) is 17.1 Å². The summed E-state index contributed by atoms with van der Waals surface area (Å²) in [5, 5.41) is 2.88. The summed E-state index contributed by atoms with van der Waals surface area (Å²) in [4.78, 5) is 12.1. The molecule has 0 saturated carbocycles. The van der Waals surface area contributed by atoms with Crippen LogP contribution in [0.4, 0.5) is 5.69 Å². The monoisotopic (exact) mass is 287 g/mol. The predicted octanol–water partition coefficient (Wildman–Crippen LogP) is 4.80. The standard InChI is InChI=1S/C17H18ClNO/c1-12(2)14-5-7-15(8-6-14)17(20)19-16-9-3-13(11-18)4-10-16/h3-10,12H,11H2,1-2H3,(H,19,20). The van der Waals surface area contributed by atoms with Crippen LogP contribution in [0.15, 0.2) is 48.5 Å². The molecule has 1 N–H and O–H groups in total. The Balaban J connectivity index is 2.07. The number of alkyl halides is 1. The number of carbonyl (C=O) groups is 1. The highest BCUT2D eigenvalue weighted by molar-refractivity contribution is 6.17. The third kappa shape index (κ3) is 3.61. The van der Waals surface area contributed by atoms with Crippen LogP contribution in [0.2, 0.25) is 0 Å². The molecule has 0 aliphatic heterocycles. The van der Waals surface area contributed by atoms with E-state index in [0.29, 0.717) is 17.4 Å². The molecule has 0 heterocycles. The third-order valence-electron chi connectivity index (χ3n) is 3.21. The Morgan fingerprint density at radius 1 is 1.05 bits per heavy atom. The molecule has 0 bridgehead atoms. The van der Waals surface area contributed by atoms with Gasteiger partial charge in [0.25, 0.3) is 5.91 Å². The second-order valence-corrected chi connectivity index (χ2v) is 5.33. The molecular weight excluding hydrogens is 270 g/mol. The minimum Gasteiger partial charge on any atom is -0.322 e. The molecule has 2 rings (SSSR count). The summed E-state index contributed by atoms with van der Waals surface area (Å²) >= 11 is 5.73. The maximum Gasteiger partial charge on any atom is 0.255 e. The average molecular weight is 288 g/mol. The Morgan fingerprint density at radius 2 is 1.65 bits per heavy atom. The minimum atomic E-state index is -0.0982. The molecule has 0 spiro atoms. The zero-order valence-corrected chi connectivity index (χ0v) is 12.4. The van der Waals surface area contributed by atoms with Crippen LogP contribution >= 0.6 is 11.6 Å². The van der Waals surface area contributed by atoms with Gasteiger partial charge in [-0.3, -0.25) is 4.79 Å². The zero-order valence-electron chi connectivity index (χ0n) is 11.7. The van der Waals surface area contributed by atoms with Crippen LogP contribution in [0.1, 0.15) is 41.3 Å². The van der Waals surface area contributed by atoms with E-state index in [4.69, 9.17) is 11.6 Å². The Labute approximate surface area is 124 Å². The van der Waals surface area contributed by atoms with Crippen molar-refractivity contribution in [2.45, 2.75) is 25.6 Å². The van der Waals surface area contributed by atoms with E-state index < -0.39 is 0 Å². The smallest absolute Gasteiger partial charge is 0.255 e. The lowest BCUT2D eigenvalue weighted by Gasteiger charge is -2.08. The Bertz CT molecular complexity index is 573. The first kappa shape index (κ1) is 14.6. The van der Waals surface area contributed by atoms with Crippen molar-refractivity contribution in [2.75, 3.05) is 5.32 Å². The van der Waals surface area contributed by atoms with Gasteiger partial charge in [-0.2, -0.15) is 0 Å². The molecule has 0 radical (unpaired) electrons. The first-order chi connectivity index (χ1) is 9.60. The summed E-state index contributed by atoms with van der Waals surface area (Å²) in [5.41, 5.74) is 3.70. The fraction of sp³-hybridized carbons (Fsp3) is 0.235. The SMILES string of the molecule is CC(C)c1ccc(C(=O)Nc2ccc(CCl)cc2)cc1. The highest BCUT2D eigenvalue weighted by Crippen LogP contribution is 2.16. The number of benzene rings is 2. The van der Waals surface area contributed by atoms with Crippen molar-refractivity contribution in [3.63, 3.8) is 0 Å². The van der Waals surface area contributed by atoms with E-state index in [1.165, 1.54) is 5.56 Å². The van der Waals surface area contributed by atoms with Gasteiger partial charge in [0.15, 0.2) is 0 Å². The van der Waals surface area contributed by atoms with Crippen LogP contribution in [0.3, 0.4) is 0 Å². The largest absolute Gasteiger partial charge is 0.322 e. The maximum atomic E-state index is 12.1. The van der Waals surface area contributed by atoms with Crippen molar-refractivity contribution in [2.24, 2.45) is 0 Å². The second-order valence-electron chi connectivity index (χ2n) is 5.06. The molecule has 20 heavy (non-hydrogen) atoms. The van der Waals surface area contributed by atoms with E-state index in [1.807, 2.05) is 48.5 Å². The van der Waals surface area contributed by atoms with Crippen molar-refractivity contribution in [1.82, 2.24) is 0 Å². The van der Waals surface area contributed by atoms with Crippen molar-refractivity contribution in [1.29, 1.82) is 0 Å². The van der Waals surface area contributed by atoms with Crippen molar-refractivity contribution >= 4 is 23.2 Å². The van der Waals surface area contributed by atoms with E-state index >= 15 is 0 Å². The van der Waals surface area contributed by atoms with Crippen molar-refractivity contribution in [3.05, 3.63) is 65.2 Å². The van der Waals surface area contributed by atoms with Crippen LogP contribution in [0.25, 0.3) is 0 Å². The number of rotatable bonds is 4. The second kappa shape index (κ2) is 6.58. The van der Waals surface area contributed by atoms with Crippen LogP contribution < -0.4 is 5.32 Å². The number of hydrogen-bond donors (Lipinski definition) is 1. The number of anilines is 1. The number of nitrogens with one attached hydrogen (secondary N) is 1. The first-order valence-electron chi connectivity index (χ1n) is 6.66. The van der Waals surface area contributed by atoms with Crippen LogP contribution in [-0.4, -0.2) is 5.91 Å². The van der Waals surface area contributed by atoms with Gasteiger partial charge in [-0.1, -0.05) is 38.1 Å². The summed E-state index contributed by atoms with van der Waals surface area (Å²) in [6.45, 7) is 4.26. The lowest BCUT2D eigenvalue weighted by atomic mass is 10.0. The molecule has 0 atom stereocenters. The van der Waals surface area contributed by atoms with Crippen molar-refractivity contribution < 1.29 is 4.79 Å². The van der Waals surface area contributed by atoms with E-state index in [-0.39, 0.29) is 5.91 Å². The molecule has 2 aromatic carbocycles. The third-order valence-corrected chi connectivity index (χ3v) is 3.51. The van der Waals surface area contributed by atoms with Crippen LogP contribution in [0, 0.1) is 0 Å². The van der Waals surface area contributed by atoms with Gasteiger partial charge in [0.05, 0.1) is 0 Å². The highest BCUT2D eigenvalue weighted by atomic mass is 35.5. The molecule has 0 aliphatic carbocycles. The number of amides is 1. The topological polar surface area (TPSA) is 29.1 Å². The van der Waals surface area contributed by atoms with E-state index in [1.54, 1.807) is 0 Å². The van der Waals surface area contributed by atoms with E-state index in [2.05, 4.69) is 19.2 Å². The Kier molecular flexibility index (Phi) is 4.80. The zero-order chi connectivity index (χ0) is 14.5. The quantitative estimate of drug-likeness (QED) is 0.804. The molecule has 3 heteroatoms. The molecule has 2 nitrogen and oxygen atoms in total. The van der Waals surface area contributed by atoms with E-state index in [9.17, 15) is 4.79 Å². The van der Waals surface area contributed by atoms with Crippen molar-refractivity contribution in [3.8, 4) is 0 Å². The number of hydrogen-bond acceptors (Lipinski definition) is 1.